The number of hydrogen-bond donors (Lipinski definition) is 2. The standard InChI is InChI=1S/C9H11N3O2/c1-3-5-6-7(4-2)12(8(10)13)9(14)11-6/h3-5H,2H2,1H3,(H2,10,13)(H,11,14)/b5-3-. The molecule has 0 unspecified atom stereocenters. The Morgan fingerprint density at radius 3 is 2.71 bits per heavy atom. The van der Waals surface area contributed by atoms with Crippen molar-refractivity contribution in [2.75, 3.05) is 0 Å². The summed E-state index contributed by atoms with van der Waals surface area (Å²) in [5.41, 5.74) is 5.37. The Bertz CT molecular complexity index is 451. The lowest BCUT2D eigenvalue weighted by Crippen LogP contribution is -2.30. The first-order valence-electron chi connectivity index (χ1n) is 4.01. The number of nitrogens with two attached hydrogens (primary N) is 1. The zero-order valence-corrected chi connectivity index (χ0v) is 7.78. The summed E-state index contributed by atoms with van der Waals surface area (Å²) >= 11 is 0. The van der Waals surface area contributed by atoms with Gasteiger partial charge in [-0.15, -0.1) is 0 Å². The Hall–Kier alpha value is -2.04. The van der Waals surface area contributed by atoms with E-state index >= 15 is 0 Å². The van der Waals surface area contributed by atoms with Gasteiger partial charge in [-0.1, -0.05) is 12.7 Å². The van der Waals surface area contributed by atoms with Gasteiger partial charge < -0.3 is 10.7 Å². The summed E-state index contributed by atoms with van der Waals surface area (Å²) in [5, 5.41) is 0. The molecular weight excluding hydrogens is 182 g/mol. The maximum Gasteiger partial charge on any atom is 0.334 e. The topological polar surface area (TPSA) is 80.9 Å². The SMILES string of the molecule is C=Cc1c(/C=C\C)[nH]c(=O)n1C(N)=O. The van der Waals surface area contributed by atoms with Gasteiger partial charge in [0.25, 0.3) is 0 Å². The number of allylic oxidation sites excluding steroid dienone is 1. The third-order valence-corrected chi connectivity index (χ3v) is 1.71. The average molecular weight is 193 g/mol. The molecule has 0 saturated carbocycles. The zero-order valence-electron chi connectivity index (χ0n) is 7.78. The number of aromatic amines is 1. The minimum atomic E-state index is -0.822. The average Bonchev–Trinajstić information content (AvgIpc) is 2.42. The van der Waals surface area contributed by atoms with Crippen LogP contribution >= 0.6 is 0 Å². The number of amides is 1. The van der Waals surface area contributed by atoms with Crippen molar-refractivity contribution in [3.8, 4) is 0 Å². The molecule has 1 aromatic heterocycles. The fourth-order valence-electron chi connectivity index (χ4n) is 1.18. The predicted octanol–water partition coefficient (Wildman–Crippen LogP) is 0.779. The molecule has 1 rings (SSSR count). The number of primary amides is 1. The van der Waals surface area contributed by atoms with Gasteiger partial charge in [-0.25, -0.2) is 14.2 Å². The zero-order chi connectivity index (χ0) is 10.7. The van der Waals surface area contributed by atoms with Crippen molar-refractivity contribution in [3.63, 3.8) is 0 Å². The summed E-state index contributed by atoms with van der Waals surface area (Å²) in [6.45, 7) is 5.31. The highest BCUT2D eigenvalue weighted by molar-refractivity contribution is 5.79. The molecular formula is C9H11N3O2. The second-order valence-corrected chi connectivity index (χ2v) is 2.61. The van der Waals surface area contributed by atoms with E-state index in [0.29, 0.717) is 11.4 Å². The van der Waals surface area contributed by atoms with E-state index in [9.17, 15) is 9.59 Å². The lowest BCUT2D eigenvalue weighted by molar-refractivity contribution is 0.249. The Kier molecular flexibility index (Phi) is 2.71. The van der Waals surface area contributed by atoms with Crippen molar-refractivity contribution in [1.29, 1.82) is 0 Å². The Balaban J connectivity index is 3.51. The van der Waals surface area contributed by atoms with Crippen LogP contribution in [-0.4, -0.2) is 15.6 Å². The van der Waals surface area contributed by atoms with E-state index in [1.807, 2.05) is 0 Å². The number of H-pyrrole nitrogens is 1. The number of carbonyl (C=O) groups excluding carboxylic acids is 1. The monoisotopic (exact) mass is 193 g/mol. The van der Waals surface area contributed by atoms with Crippen molar-refractivity contribution >= 4 is 18.2 Å². The molecule has 0 aromatic carbocycles. The Morgan fingerprint density at radius 2 is 2.29 bits per heavy atom. The van der Waals surface area contributed by atoms with Gasteiger partial charge in [0, 0.05) is 0 Å². The van der Waals surface area contributed by atoms with Gasteiger partial charge in [0.05, 0.1) is 11.4 Å². The fraction of sp³-hybridized carbons (Fsp3) is 0.111. The van der Waals surface area contributed by atoms with E-state index in [-0.39, 0.29) is 0 Å². The van der Waals surface area contributed by atoms with E-state index in [4.69, 9.17) is 5.73 Å². The van der Waals surface area contributed by atoms with E-state index in [1.165, 1.54) is 6.08 Å². The van der Waals surface area contributed by atoms with E-state index < -0.39 is 11.7 Å². The molecule has 0 fully saturated rings. The number of imidazole rings is 1. The van der Waals surface area contributed by atoms with Crippen molar-refractivity contribution < 1.29 is 4.79 Å². The first kappa shape index (κ1) is 10.0. The lowest BCUT2D eigenvalue weighted by atomic mass is 10.3. The quantitative estimate of drug-likeness (QED) is 0.727. The van der Waals surface area contributed by atoms with Crippen molar-refractivity contribution in [2.24, 2.45) is 5.73 Å². The Morgan fingerprint density at radius 1 is 1.64 bits per heavy atom. The second kappa shape index (κ2) is 3.78. The van der Waals surface area contributed by atoms with Gasteiger partial charge in [-0.3, -0.25) is 0 Å². The van der Waals surface area contributed by atoms with E-state index in [1.54, 1.807) is 19.1 Å². The van der Waals surface area contributed by atoms with Crippen LogP contribution in [0.4, 0.5) is 4.79 Å². The molecule has 0 aliphatic rings. The van der Waals surface area contributed by atoms with Crippen LogP contribution in [-0.2, 0) is 0 Å². The molecule has 3 N–H and O–H groups in total. The summed E-state index contributed by atoms with van der Waals surface area (Å²) < 4.78 is 0.836. The summed E-state index contributed by atoms with van der Waals surface area (Å²) in [4.78, 5) is 24.7. The molecule has 1 amide bonds. The molecule has 0 aliphatic heterocycles. The van der Waals surface area contributed by atoms with Gasteiger partial charge in [-0.05, 0) is 19.1 Å². The van der Waals surface area contributed by atoms with Crippen LogP contribution in [0.1, 0.15) is 18.3 Å². The minimum absolute atomic E-state index is 0.376. The first-order chi connectivity index (χ1) is 6.61. The van der Waals surface area contributed by atoms with E-state index in [2.05, 4.69) is 11.6 Å². The van der Waals surface area contributed by atoms with Crippen molar-refractivity contribution in [1.82, 2.24) is 9.55 Å². The molecule has 0 spiro atoms. The van der Waals surface area contributed by atoms with Crippen LogP contribution in [0, 0.1) is 0 Å². The summed E-state index contributed by atoms with van der Waals surface area (Å²) in [6.07, 6.45) is 4.81. The third-order valence-electron chi connectivity index (χ3n) is 1.71. The van der Waals surface area contributed by atoms with Crippen molar-refractivity contribution in [3.05, 3.63) is 34.5 Å². The molecule has 14 heavy (non-hydrogen) atoms. The van der Waals surface area contributed by atoms with Crippen LogP contribution in [0.25, 0.3) is 12.2 Å². The van der Waals surface area contributed by atoms with Crippen LogP contribution in [0.5, 0.6) is 0 Å². The van der Waals surface area contributed by atoms with Gasteiger partial charge in [0.1, 0.15) is 0 Å². The molecule has 1 heterocycles. The highest BCUT2D eigenvalue weighted by atomic mass is 16.2. The highest BCUT2D eigenvalue weighted by Crippen LogP contribution is 2.07. The summed E-state index contributed by atoms with van der Waals surface area (Å²) in [6, 6.07) is -0.822. The molecule has 1 aromatic rings. The third kappa shape index (κ3) is 1.52. The number of nitrogens with one attached hydrogen (secondary N) is 1. The fourth-order valence-corrected chi connectivity index (χ4v) is 1.18. The van der Waals surface area contributed by atoms with E-state index in [0.717, 1.165) is 4.57 Å². The second-order valence-electron chi connectivity index (χ2n) is 2.61. The molecule has 0 aliphatic carbocycles. The highest BCUT2D eigenvalue weighted by Gasteiger charge is 2.12. The van der Waals surface area contributed by atoms with Crippen LogP contribution in [0.2, 0.25) is 0 Å². The smallest absolute Gasteiger partial charge is 0.334 e. The number of hydrogen-bond acceptors (Lipinski definition) is 2. The van der Waals surface area contributed by atoms with Gasteiger partial charge >= 0.3 is 11.7 Å². The largest absolute Gasteiger partial charge is 0.351 e. The molecule has 5 nitrogen and oxygen atoms in total. The molecule has 0 saturated heterocycles. The van der Waals surface area contributed by atoms with Crippen LogP contribution in [0.3, 0.4) is 0 Å². The van der Waals surface area contributed by atoms with Crippen LogP contribution in [0.15, 0.2) is 17.4 Å². The van der Waals surface area contributed by atoms with Gasteiger partial charge in [0.2, 0.25) is 0 Å². The molecule has 74 valence electrons. The van der Waals surface area contributed by atoms with Gasteiger partial charge in [0.15, 0.2) is 0 Å². The number of nitrogens with zero attached hydrogens (tertiary/aromatic N) is 1. The Labute approximate surface area is 80.5 Å². The first-order valence-corrected chi connectivity index (χ1v) is 4.01. The molecule has 0 radical (unpaired) electrons. The van der Waals surface area contributed by atoms with Crippen molar-refractivity contribution in [2.45, 2.75) is 6.92 Å². The number of carbonyl (C=O) groups is 1. The maximum atomic E-state index is 11.3. The van der Waals surface area contributed by atoms with Gasteiger partial charge in [-0.2, -0.15) is 0 Å². The minimum Gasteiger partial charge on any atom is -0.351 e. The maximum absolute atomic E-state index is 11.3. The predicted molar refractivity (Wildman–Crippen MR) is 54.8 cm³/mol. The van der Waals surface area contributed by atoms with Crippen LogP contribution < -0.4 is 11.4 Å². The normalized spacial score (nSPS) is 10.6. The lowest BCUT2D eigenvalue weighted by Gasteiger charge is -1.97. The molecule has 0 bridgehead atoms. The number of aromatic nitrogens is 2. The number of rotatable bonds is 2. The summed E-state index contributed by atoms with van der Waals surface area (Å²) in [5.74, 6) is 0. The summed E-state index contributed by atoms with van der Waals surface area (Å²) in [7, 11) is 0. The molecule has 5 heteroatoms. The molecule has 0 atom stereocenters.